The van der Waals surface area contributed by atoms with Crippen LogP contribution in [0.25, 0.3) is 0 Å². The Morgan fingerprint density at radius 1 is 1.37 bits per heavy atom. The minimum Gasteiger partial charge on any atom is -0.460 e. The molecule has 4 nitrogen and oxygen atoms in total. The fourth-order valence-corrected chi connectivity index (χ4v) is 2.24. The van der Waals surface area contributed by atoms with Gasteiger partial charge in [0.1, 0.15) is 0 Å². The smallest absolute Gasteiger partial charge is 0.380 e. The maximum absolute atomic E-state index is 11.6. The van der Waals surface area contributed by atoms with Crippen LogP contribution in [-0.4, -0.2) is 29.2 Å². The highest BCUT2D eigenvalue weighted by molar-refractivity contribution is 8.13. The molecule has 1 aromatic rings. The Kier molecular flexibility index (Phi) is 6.33. The molecule has 1 heterocycles. The van der Waals surface area contributed by atoms with Crippen LogP contribution in [0, 0.1) is 11.8 Å². The summed E-state index contributed by atoms with van der Waals surface area (Å²) in [6.45, 7) is 3.29. The number of rotatable bonds is 4. The average molecular weight is 296 g/mol. The van der Waals surface area contributed by atoms with E-state index in [9.17, 15) is 14.4 Å². The van der Waals surface area contributed by atoms with Gasteiger partial charge in [0.2, 0.25) is 0 Å². The molecule has 100 valence electrons. The van der Waals surface area contributed by atoms with E-state index in [1.807, 2.05) is 0 Å². The first-order valence-corrected chi connectivity index (χ1v) is 7.28. The molecular weight excluding hydrogens is 284 g/mol. The highest BCUT2D eigenvalue weighted by atomic mass is 32.2. The molecule has 0 atom stereocenters. The van der Waals surface area contributed by atoms with Gasteiger partial charge >= 0.3 is 5.97 Å². The molecule has 0 amide bonds. The van der Waals surface area contributed by atoms with E-state index >= 15 is 0 Å². The summed E-state index contributed by atoms with van der Waals surface area (Å²) >= 11 is 2.26. The molecule has 0 radical (unpaired) electrons. The number of hydrogen-bond donors (Lipinski definition) is 0. The van der Waals surface area contributed by atoms with Gasteiger partial charge in [0.15, 0.2) is 5.12 Å². The maximum atomic E-state index is 11.6. The summed E-state index contributed by atoms with van der Waals surface area (Å²) in [5.74, 6) is 4.56. The Hall–Kier alpha value is -1.58. The first-order valence-electron chi connectivity index (χ1n) is 5.48. The number of thiophene rings is 1. The maximum Gasteiger partial charge on any atom is 0.380 e. The predicted octanol–water partition coefficient (Wildman–Crippen LogP) is 2.13. The third-order valence-electron chi connectivity index (χ3n) is 1.85. The molecule has 0 aromatic carbocycles. The minimum absolute atomic E-state index is 0.0126. The van der Waals surface area contributed by atoms with Crippen molar-refractivity contribution >= 4 is 40.0 Å². The molecule has 0 spiro atoms. The lowest BCUT2D eigenvalue weighted by Gasteiger charge is -1.97. The van der Waals surface area contributed by atoms with Crippen LogP contribution < -0.4 is 0 Å². The lowest BCUT2D eigenvalue weighted by atomic mass is 10.3. The van der Waals surface area contributed by atoms with Gasteiger partial charge in [-0.3, -0.25) is 9.59 Å². The van der Waals surface area contributed by atoms with Gasteiger partial charge < -0.3 is 4.74 Å². The van der Waals surface area contributed by atoms with Crippen LogP contribution in [0.1, 0.15) is 28.4 Å². The van der Waals surface area contributed by atoms with E-state index < -0.39 is 11.8 Å². The number of ketones is 1. The van der Waals surface area contributed by atoms with Crippen LogP contribution >= 0.6 is 23.1 Å². The molecule has 1 rings (SSSR count). The molecule has 0 saturated heterocycles. The summed E-state index contributed by atoms with van der Waals surface area (Å²) in [6, 6.07) is 3.22. The third-order valence-corrected chi connectivity index (χ3v) is 3.54. The molecule has 1 aromatic heterocycles. The summed E-state index contributed by atoms with van der Waals surface area (Å²) < 4.78 is 4.63. The Morgan fingerprint density at radius 3 is 2.74 bits per heavy atom. The average Bonchev–Trinajstić information content (AvgIpc) is 2.82. The Bertz CT molecular complexity index is 548. The van der Waals surface area contributed by atoms with Gasteiger partial charge in [-0.1, -0.05) is 23.6 Å². The van der Waals surface area contributed by atoms with E-state index in [1.165, 1.54) is 6.92 Å². The van der Waals surface area contributed by atoms with Crippen molar-refractivity contribution < 1.29 is 19.1 Å². The number of Topliss-reactive ketones (excluding diaryl/α,β-unsaturated/α-hetero) is 1. The van der Waals surface area contributed by atoms with Gasteiger partial charge in [0, 0.05) is 6.92 Å². The zero-order valence-corrected chi connectivity index (χ0v) is 12.2. The second-order valence-electron chi connectivity index (χ2n) is 3.30. The van der Waals surface area contributed by atoms with Crippen LogP contribution in [0.5, 0.6) is 0 Å². The van der Waals surface area contributed by atoms with Gasteiger partial charge in [-0.25, -0.2) is 4.79 Å². The molecule has 0 unspecified atom stereocenters. The summed E-state index contributed by atoms with van der Waals surface area (Å²) in [6.07, 6.45) is 0. The van der Waals surface area contributed by atoms with Crippen molar-refractivity contribution in [3.63, 3.8) is 0 Å². The minimum atomic E-state index is -0.851. The van der Waals surface area contributed by atoms with Gasteiger partial charge in [-0.15, -0.1) is 11.3 Å². The SMILES string of the molecule is CCOC(=O)C(=O)c1ccc(C#CCSC(C)=O)s1. The first kappa shape index (κ1) is 15.5. The molecule has 0 bridgehead atoms. The van der Waals surface area contributed by atoms with Gasteiger partial charge in [0.25, 0.3) is 5.78 Å². The van der Waals surface area contributed by atoms with Gasteiger partial charge in [-0.05, 0) is 19.1 Å². The zero-order chi connectivity index (χ0) is 14.3. The van der Waals surface area contributed by atoms with Crippen LogP contribution in [0.2, 0.25) is 0 Å². The van der Waals surface area contributed by atoms with E-state index in [-0.39, 0.29) is 11.7 Å². The van der Waals surface area contributed by atoms with E-state index in [0.29, 0.717) is 15.5 Å². The third kappa shape index (κ3) is 5.28. The summed E-state index contributed by atoms with van der Waals surface area (Å²) in [5.41, 5.74) is 0. The second kappa shape index (κ2) is 7.77. The summed E-state index contributed by atoms with van der Waals surface area (Å²) in [5, 5.41) is 0.0126. The molecule has 19 heavy (non-hydrogen) atoms. The summed E-state index contributed by atoms with van der Waals surface area (Å²) in [7, 11) is 0. The number of carbonyl (C=O) groups is 3. The number of carbonyl (C=O) groups excluding carboxylic acids is 3. The summed E-state index contributed by atoms with van der Waals surface area (Å²) in [4.78, 5) is 34.5. The zero-order valence-electron chi connectivity index (χ0n) is 10.5. The molecule has 0 aliphatic carbocycles. The normalized spacial score (nSPS) is 9.37. The van der Waals surface area contributed by atoms with Crippen molar-refractivity contribution in [3.05, 3.63) is 21.9 Å². The van der Waals surface area contributed by atoms with E-state index in [4.69, 9.17) is 0 Å². The lowest BCUT2D eigenvalue weighted by molar-refractivity contribution is -0.137. The fourth-order valence-electron chi connectivity index (χ4n) is 1.09. The van der Waals surface area contributed by atoms with Crippen molar-refractivity contribution in [2.75, 3.05) is 12.4 Å². The predicted molar refractivity (Wildman–Crippen MR) is 75.3 cm³/mol. The van der Waals surface area contributed by atoms with E-state index in [2.05, 4.69) is 16.6 Å². The number of thioether (sulfide) groups is 1. The highest BCUT2D eigenvalue weighted by Gasteiger charge is 2.18. The van der Waals surface area contributed by atoms with Crippen molar-refractivity contribution in [1.82, 2.24) is 0 Å². The quantitative estimate of drug-likeness (QED) is 0.369. The Morgan fingerprint density at radius 2 is 2.11 bits per heavy atom. The van der Waals surface area contributed by atoms with Crippen LogP contribution in [0.15, 0.2) is 12.1 Å². The van der Waals surface area contributed by atoms with E-state index in [1.54, 1.807) is 19.1 Å². The molecule has 0 aliphatic rings. The lowest BCUT2D eigenvalue weighted by Crippen LogP contribution is -2.16. The fraction of sp³-hybridized carbons (Fsp3) is 0.308. The first-order chi connectivity index (χ1) is 9.04. The standard InChI is InChI=1S/C13H12O4S2/c1-3-17-13(16)12(15)11-7-6-10(19-11)5-4-8-18-9(2)14/h6-7H,3,8H2,1-2H3. The number of hydrogen-bond acceptors (Lipinski definition) is 6. The topological polar surface area (TPSA) is 60.4 Å². The van der Waals surface area contributed by atoms with Crippen LogP contribution in [0.3, 0.4) is 0 Å². The molecule has 0 N–H and O–H groups in total. The monoisotopic (exact) mass is 296 g/mol. The van der Waals surface area contributed by atoms with Crippen LogP contribution in [0.4, 0.5) is 0 Å². The molecule has 6 heteroatoms. The Labute approximate surface area is 119 Å². The molecular formula is C13H12O4S2. The number of ether oxygens (including phenoxy) is 1. The van der Waals surface area contributed by atoms with E-state index in [0.717, 1.165) is 23.1 Å². The molecule has 0 fully saturated rings. The molecule has 0 aliphatic heterocycles. The van der Waals surface area contributed by atoms with Crippen molar-refractivity contribution in [3.8, 4) is 11.8 Å². The largest absolute Gasteiger partial charge is 0.460 e. The molecule has 0 saturated carbocycles. The van der Waals surface area contributed by atoms with Crippen molar-refractivity contribution in [2.24, 2.45) is 0 Å². The van der Waals surface area contributed by atoms with Gasteiger partial charge in [0.05, 0.1) is 22.1 Å². The van der Waals surface area contributed by atoms with Gasteiger partial charge in [-0.2, -0.15) is 0 Å². The van der Waals surface area contributed by atoms with Crippen LogP contribution in [-0.2, 0) is 14.3 Å². The highest BCUT2D eigenvalue weighted by Crippen LogP contribution is 2.16. The van der Waals surface area contributed by atoms with Crippen molar-refractivity contribution in [2.45, 2.75) is 13.8 Å². The Balaban J connectivity index is 2.64. The van der Waals surface area contributed by atoms with Crippen molar-refractivity contribution in [1.29, 1.82) is 0 Å². The second-order valence-corrected chi connectivity index (χ2v) is 5.53. The number of esters is 1.